The number of nitrogens with two attached hydrogens (primary N) is 1. The molecule has 0 saturated carbocycles. The zero-order valence-electron chi connectivity index (χ0n) is 11.3. The Morgan fingerprint density at radius 1 is 1.21 bits per heavy atom. The van der Waals surface area contributed by atoms with Crippen LogP contribution in [0.15, 0.2) is 17.0 Å². The average Bonchev–Trinajstić information content (AvgIpc) is 2.42. The summed E-state index contributed by atoms with van der Waals surface area (Å²) >= 11 is 0. The van der Waals surface area contributed by atoms with Gasteiger partial charge in [-0.3, -0.25) is 0 Å². The number of rotatable bonds is 3. The van der Waals surface area contributed by atoms with E-state index in [9.17, 15) is 8.42 Å². The molecule has 5 nitrogen and oxygen atoms in total. The van der Waals surface area contributed by atoms with E-state index in [-0.39, 0.29) is 4.90 Å². The smallest absolute Gasteiger partial charge is 0.246 e. The molecule has 0 bridgehead atoms. The summed E-state index contributed by atoms with van der Waals surface area (Å²) in [5, 5.41) is 0. The van der Waals surface area contributed by atoms with Gasteiger partial charge in [-0.15, -0.1) is 0 Å². The minimum atomic E-state index is -3.52. The lowest BCUT2D eigenvalue weighted by molar-refractivity contribution is 0.343. The fourth-order valence-corrected chi connectivity index (χ4v) is 3.97. The molecule has 1 heterocycles. The van der Waals surface area contributed by atoms with Crippen molar-refractivity contribution >= 4 is 15.7 Å². The first-order chi connectivity index (χ1) is 8.96. The first kappa shape index (κ1) is 14.1. The van der Waals surface area contributed by atoms with E-state index in [1.807, 2.05) is 6.92 Å². The number of methoxy groups -OCH3 is 1. The van der Waals surface area contributed by atoms with Gasteiger partial charge in [0.1, 0.15) is 10.6 Å². The Labute approximate surface area is 114 Å². The number of hydrogen-bond acceptors (Lipinski definition) is 4. The molecular weight excluding hydrogens is 264 g/mol. The maximum absolute atomic E-state index is 12.6. The summed E-state index contributed by atoms with van der Waals surface area (Å²) in [6.45, 7) is 2.97. The van der Waals surface area contributed by atoms with Crippen LogP contribution in [0.1, 0.15) is 24.8 Å². The van der Waals surface area contributed by atoms with Crippen molar-refractivity contribution < 1.29 is 13.2 Å². The highest BCUT2D eigenvalue weighted by molar-refractivity contribution is 7.89. The normalized spacial score (nSPS) is 17.4. The summed E-state index contributed by atoms with van der Waals surface area (Å²) < 4.78 is 32.0. The van der Waals surface area contributed by atoms with Crippen LogP contribution < -0.4 is 10.5 Å². The summed E-state index contributed by atoms with van der Waals surface area (Å²) in [4.78, 5) is 0.167. The van der Waals surface area contributed by atoms with Gasteiger partial charge in [-0.1, -0.05) is 6.42 Å². The van der Waals surface area contributed by atoms with Gasteiger partial charge in [-0.25, -0.2) is 8.42 Å². The molecule has 1 aromatic rings. The van der Waals surface area contributed by atoms with E-state index in [0.717, 1.165) is 24.8 Å². The van der Waals surface area contributed by atoms with Crippen molar-refractivity contribution in [3.8, 4) is 5.75 Å². The van der Waals surface area contributed by atoms with Crippen molar-refractivity contribution in [2.24, 2.45) is 0 Å². The standard InChI is InChI=1S/C13H20N2O3S/c1-10-8-12(18-2)13(9-11(10)14)19(16,17)15-6-4-3-5-7-15/h8-9H,3-7,14H2,1-2H3. The van der Waals surface area contributed by atoms with Crippen LogP contribution in [-0.4, -0.2) is 32.9 Å². The average molecular weight is 284 g/mol. The summed E-state index contributed by atoms with van der Waals surface area (Å²) in [7, 11) is -2.04. The fraction of sp³-hybridized carbons (Fsp3) is 0.538. The first-order valence-electron chi connectivity index (χ1n) is 6.41. The van der Waals surface area contributed by atoms with E-state index >= 15 is 0 Å². The lowest BCUT2D eigenvalue weighted by atomic mass is 10.2. The first-order valence-corrected chi connectivity index (χ1v) is 7.85. The topological polar surface area (TPSA) is 72.6 Å². The van der Waals surface area contributed by atoms with Gasteiger partial charge in [0, 0.05) is 18.8 Å². The number of sulfonamides is 1. The van der Waals surface area contributed by atoms with E-state index in [1.165, 1.54) is 17.5 Å². The van der Waals surface area contributed by atoms with Crippen LogP contribution in [0.25, 0.3) is 0 Å². The maximum atomic E-state index is 12.6. The molecule has 2 rings (SSSR count). The predicted molar refractivity (Wildman–Crippen MR) is 74.8 cm³/mol. The number of hydrogen-bond donors (Lipinski definition) is 1. The number of anilines is 1. The fourth-order valence-electron chi connectivity index (χ4n) is 2.28. The number of benzene rings is 1. The molecule has 0 aliphatic carbocycles. The molecule has 1 fully saturated rings. The van der Waals surface area contributed by atoms with Crippen LogP contribution in [0.3, 0.4) is 0 Å². The monoisotopic (exact) mass is 284 g/mol. The van der Waals surface area contributed by atoms with Gasteiger partial charge in [-0.2, -0.15) is 4.31 Å². The van der Waals surface area contributed by atoms with Gasteiger partial charge < -0.3 is 10.5 Å². The number of piperidine rings is 1. The Kier molecular flexibility index (Phi) is 4.01. The molecule has 19 heavy (non-hydrogen) atoms. The minimum absolute atomic E-state index is 0.167. The molecule has 0 amide bonds. The molecule has 1 aliphatic heterocycles. The summed E-state index contributed by atoms with van der Waals surface area (Å²) in [5.74, 6) is 0.359. The molecule has 1 aromatic carbocycles. The SMILES string of the molecule is COc1cc(C)c(N)cc1S(=O)(=O)N1CCCCC1. The van der Waals surface area contributed by atoms with E-state index in [0.29, 0.717) is 24.5 Å². The highest BCUT2D eigenvalue weighted by Crippen LogP contribution is 2.32. The Balaban J connectivity index is 2.47. The third-order valence-electron chi connectivity index (χ3n) is 3.49. The third kappa shape index (κ3) is 2.69. The molecule has 1 saturated heterocycles. The molecule has 6 heteroatoms. The minimum Gasteiger partial charge on any atom is -0.495 e. The van der Waals surface area contributed by atoms with Gasteiger partial charge in [-0.05, 0) is 37.5 Å². The molecule has 0 unspecified atom stereocenters. The van der Waals surface area contributed by atoms with Gasteiger partial charge in [0.25, 0.3) is 0 Å². The molecule has 0 atom stereocenters. The lowest BCUT2D eigenvalue weighted by Crippen LogP contribution is -2.35. The highest BCUT2D eigenvalue weighted by Gasteiger charge is 2.29. The second-order valence-electron chi connectivity index (χ2n) is 4.82. The largest absolute Gasteiger partial charge is 0.495 e. The number of nitrogens with zero attached hydrogens (tertiary/aromatic N) is 1. The van der Waals surface area contributed by atoms with E-state index < -0.39 is 10.0 Å². The van der Waals surface area contributed by atoms with E-state index in [2.05, 4.69) is 0 Å². The second-order valence-corrected chi connectivity index (χ2v) is 6.73. The van der Waals surface area contributed by atoms with Crippen molar-refractivity contribution in [3.63, 3.8) is 0 Å². The quantitative estimate of drug-likeness (QED) is 0.858. The second kappa shape index (κ2) is 5.38. The van der Waals surface area contributed by atoms with Gasteiger partial charge >= 0.3 is 0 Å². The van der Waals surface area contributed by atoms with Gasteiger partial charge in [0.05, 0.1) is 7.11 Å². The Hall–Kier alpha value is -1.27. The Morgan fingerprint density at radius 3 is 2.42 bits per heavy atom. The summed E-state index contributed by atoms with van der Waals surface area (Å²) in [6, 6.07) is 3.17. The van der Waals surface area contributed by atoms with Crippen molar-refractivity contribution in [2.75, 3.05) is 25.9 Å². The third-order valence-corrected chi connectivity index (χ3v) is 5.40. The molecular formula is C13H20N2O3S. The number of ether oxygens (including phenoxy) is 1. The van der Waals surface area contributed by atoms with Crippen LogP contribution in [0.2, 0.25) is 0 Å². The van der Waals surface area contributed by atoms with E-state index in [4.69, 9.17) is 10.5 Å². The van der Waals surface area contributed by atoms with Crippen LogP contribution >= 0.6 is 0 Å². The van der Waals surface area contributed by atoms with Gasteiger partial charge in [0.15, 0.2) is 0 Å². The number of aryl methyl sites for hydroxylation is 1. The van der Waals surface area contributed by atoms with Crippen molar-refractivity contribution in [3.05, 3.63) is 17.7 Å². The molecule has 2 N–H and O–H groups in total. The van der Waals surface area contributed by atoms with Crippen LogP contribution in [-0.2, 0) is 10.0 Å². The van der Waals surface area contributed by atoms with Gasteiger partial charge in [0.2, 0.25) is 10.0 Å². The molecule has 1 aliphatic rings. The summed E-state index contributed by atoms with van der Waals surface area (Å²) in [5.41, 5.74) is 7.12. The molecule has 106 valence electrons. The van der Waals surface area contributed by atoms with Crippen LogP contribution in [0.4, 0.5) is 5.69 Å². The van der Waals surface area contributed by atoms with Crippen molar-refractivity contribution in [2.45, 2.75) is 31.1 Å². The number of nitrogen functional groups attached to an aromatic ring is 1. The van der Waals surface area contributed by atoms with Crippen molar-refractivity contribution in [1.29, 1.82) is 0 Å². The summed E-state index contributed by atoms with van der Waals surface area (Å²) in [6.07, 6.45) is 2.89. The Bertz CT molecular complexity index is 563. The lowest BCUT2D eigenvalue weighted by Gasteiger charge is -2.26. The van der Waals surface area contributed by atoms with Crippen LogP contribution in [0.5, 0.6) is 5.75 Å². The highest BCUT2D eigenvalue weighted by atomic mass is 32.2. The zero-order valence-corrected chi connectivity index (χ0v) is 12.2. The predicted octanol–water partition coefficient (Wildman–Crippen LogP) is 1.76. The molecule has 0 radical (unpaired) electrons. The molecule has 0 aromatic heterocycles. The van der Waals surface area contributed by atoms with Crippen molar-refractivity contribution in [1.82, 2.24) is 4.31 Å². The molecule has 0 spiro atoms. The maximum Gasteiger partial charge on any atom is 0.246 e. The van der Waals surface area contributed by atoms with Crippen LogP contribution in [0, 0.1) is 6.92 Å². The van der Waals surface area contributed by atoms with E-state index in [1.54, 1.807) is 6.07 Å². The Morgan fingerprint density at radius 2 is 1.84 bits per heavy atom. The zero-order chi connectivity index (χ0) is 14.0.